The van der Waals surface area contributed by atoms with Crippen molar-refractivity contribution in [2.24, 2.45) is 11.8 Å². The summed E-state index contributed by atoms with van der Waals surface area (Å²) in [7, 11) is 0. The van der Waals surface area contributed by atoms with E-state index in [0.29, 0.717) is 17.7 Å². The number of hydrogen-bond donors (Lipinski definition) is 0. The Kier molecular flexibility index (Phi) is 3.49. The molecule has 0 radical (unpaired) electrons. The minimum Gasteiger partial charge on any atom is -0.368 e. The van der Waals surface area contributed by atoms with Crippen molar-refractivity contribution in [1.29, 1.82) is 0 Å². The van der Waals surface area contributed by atoms with Gasteiger partial charge in [0.25, 0.3) is 0 Å². The van der Waals surface area contributed by atoms with E-state index in [1.807, 2.05) is 23.5 Å². The third-order valence-electron chi connectivity index (χ3n) is 6.16. The highest BCUT2D eigenvalue weighted by atomic mass is 32.2. The molecule has 0 bridgehead atoms. The molecule has 0 aromatic carbocycles. The number of carbonyl (C=O) groups is 1. The fourth-order valence-electron chi connectivity index (χ4n) is 5.18. The van der Waals surface area contributed by atoms with Crippen LogP contribution in [0.2, 0.25) is 0 Å². The molecule has 3 unspecified atom stereocenters. The van der Waals surface area contributed by atoms with Gasteiger partial charge in [-0.2, -0.15) is 0 Å². The molecule has 4 heteroatoms. The number of ketones is 1. The maximum absolute atomic E-state index is 12.8. The van der Waals surface area contributed by atoms with Crippen LogP contribution in [0.3, 0.4) is 0 Å². The third kappa shape index (κ3) is 2.13. The van der Waals surface area contributed by atoms with Crippen LogP contribution in [0.5, 0.6) is 0 Å². The molecule has 23 heavy (non-hydrogen) atoms. The quantitative estimate of drug-likeness (QED) is 0.661. The number of fused-ring (bicyclic) bond motifs is 6. The fraction of sp³-hybridized carbons (Fsp3) is 0.632. The molecular formula is C19H23NOS2. The monoisotopic (exact) mass is 345 g/mol. The van der Waals surface area contributed by atoms with Gasteiger partial charge in [-0.3, -0.25) is 4.79 Å². The molecule has 1 spiro atoms. The first-order valence-corrected chi connectivity index (χ1v) is 10.9. The number of Topliss-reactive ketones (excluding diaryl/α,β-unsaturated/α-hetero) is 1. The zero-order valence-corrected chi connectivity index (χ0v) is 15.0. The van der Waals surface area contributed by atoms with E-state index in [2.05, 4.69) is 29.2 Å². The Morgan fingerprint density at radius 1 is 1.22 bits per heavy atom. The van der Waals surface area contributed by atoms with E-state index in [1.165, 1.54) is 36.5 Å². The summed E-state index contributed by atoms with van der Waals surface area (Å²) in [6.07, 6.45) is 14.9. The van der Waals surface area contributed by atoms with Gasteiger partial charge in [0, 0.05) is 36.2 Å². The summed E-state index contributed by atoms with van der Waals surface area (Å²) in [4.78, 5) is 15.5. The number of nitrogens with zero attached hydrogens (tertiary/aromatic N) is 1. The van der Waals surface area contributed by atoms with Crippen LogP contribution in [0.25, 0.3) is 0 Å². The van der Waals surface area contributed by atoms with Gasteiger partial charge in [-0.05, 0) is 43.3 Å². The predicted molar refractivity (Wildman–Crippen MR) is 98.5 cm³/mol. The van der Waals surface area contributed by atoms with Crippen LogP contribution in [0.4, 0.5) is 0 Å². The highest BCUT2D eigenvalue weighted by molar-refractivity contribution is 8.21. The molecule has 0 amide bonds. The Labute approximate surface area is 146 Å². The lowest BCUT2D eigenvalue weighted by Crippen LogP contribution is -2.57. The molecule has 2 nitrogen and oxygen atoms in total. The maximum atomic E-state index is 12.8. The van der Waals surface area contributed by atoms with Crippen molar-refractivity contribution < 1.29 is 4.79 Å². The number of hydrogen-bond acceptors (Lipinski definition) is 4. The van der Waals surface area contributed by atoms with E-state index < -0.39 is 0 Å². The van der Waals surface area contributed by atoms with Crippen LogP contribution in [0.15, 0.2) is 35.6 Å². The highest BCUT2D eigenvalue weighted by Crippen LogP contribution is 2.58. The number of allylic oxidation sites excluding steroid dienone is 4. The SMILES string of the molecule is O=C1CCCC2C1C1(C=C3C4=CC=CCC4CCN32)SCCS1. The normalized spacial score (nSPS) is 37.8. The molecule has 0 aromatic rings. The summed E-state index contributed by atoms with van der Waals surface area (Å²) in [5, 5.41) is 0. The van der Waals surface area contributed by atoms with E-state index in [1.54, 1.807) is 5.57 Å². The topological polar surface area (TPSA) is 20.3 Å². The van der Waals surface area contributed by atoms with E-state index in [0.717, 1.165) is 19.4 Å². The Hall–Kier alpha value is -0.610. The average molecular weight is 346 g/mol. The van der Waals surface area contributed by atoms with Crippen LogP contribution in [0.1, 0.15) is 32.1 Å². The lowest BCUT2D eigenvalue weighted by atomic mass is 9.73. The molecule has 3 heterocycles. The lowest BCUT2D eigenvalue weighted by molar-refractivity contribution is -0.127. The minimum absolute atomic E-state index is 0.0257. The maximum Gasteiger partial charge on any atom is 0.140 e. The number of thioether (sulfide) groups is 2. The minimum atomic E-state index is 0.0257. The van der Waals surface area contributed by atoms with Crippen molar-refractivity contribution in [2.75, 3.05) is 18.1 Å². The van der Waals surface area contributed by atoms with Crippen molar-refractivity contribution in [3.05, 3.63) is 35.6 Å². The second-order valence-electron chi connectivity index (χ2n) is 7.32. The van der Waals surface area contributed by atoms with Gasteiger partial charge < -0.3 is 4.90 Å². The van der Waals surface area contributed by atoms with Crippen molar-refractivity contribution in [3.8, 4) is 0 Å². The van der Waals surface area contributed by atoms with Gasteiger partial charge in [-0.25, -0.2) is 0 Å². The molecule has 3 aliphatic heterocycles. The Bertz CT molecular complexity index is 629. The molecule has 1 saturated carbocycles. The largest absolute Gasteiger partial charge is 0.368 e. The van der Waals surface area contributed by atoms with Crippen LogP contribution in [-0.2, 0) is 4.79 Å². The summed E-state index contributed by atoms with van der Waals surface area (Å²) in [5.74, 6) is 3.82. The van der Waals surface area contributed by atoms with Crippen LogP contribution >= 0.6 is 23.5 Å². The van der Waals surface area contributed by atoms with Crippen LogP contribution in [0, 0.1) is 11.8 Å². The van der Waals surface area contributed by atoms with Crippen molar-refractivity contribution in [2.45, 2.75) is 42.2 Å². The standard InChI is InChI=1S/C19H23NOS2/c21-17-7-3-6-15-18(17)19(22-10-11-23-19)12-16-14-5-2-1-4-13(14)8-9-20(15)16/h1-2,5,12-13,15,18H,3-4,6-11H2. The van der Waals surface area contributed by atoms with Gasteiger partial charge in [0.2, 0.25) is 0 Å². The van der Waals surface area contributed by atoms with Gasteiger partial charge in [0.05, 0.1) is 10.00 Å². The predicted octanol–water partition coefficient (Wildman–Crippen LogP) is 4.01. The molecule has 2 aliphatic carbocycles. The molecule has 0 aromatic heterocycles. The van der Waals surface area contributed by atoms with Gasteiger partial charge in [0.15, 0.2) is 0 Å². The summed E-state index contributed by atoms with van der Waals surface area (Å²) < 4.78 is 0.0257. The fourth-order valence-corrected chi connectivity index (χ4v) is 8.64. The molecular weight excluding hydrogens is 322 g/mol. The second kappa shape index (κ2) is 5.45. The van der Waals surface area contributed by atoms with E-state index in [-0.39, 0.29) is 10.00 Å². The number of rotatable bonds is 0. The smallest absolute Gasteiger partial charge is 0.140 e. The molecule has 3 atom stereocenters. The van der Waals surface area contributed by atoms with Crippen LogP contribution in [-0.4, -0.2) is 38.9 Å². The zero-order chi connectivity index (χ0) is 15.4. The number of carbonyl (C=O) groups excluding carboxylic acids is 1. The summed E-state index contributed by atoms with van der Waals surface area (Å²) in [6.45, 7) is 1.14. The number of piperidine rings is 1. The van der Waals surface area contributed by atoms with Crippen molar-refractivity contribution >= 4 is 29.3 Å². The first-order chi connectivity index (χ1) is 11.3. The van der Waals surface area contributed by atoms with Crippen molar-refractivity contribution in [3.63, 3.8) is 0 Å². The Morgan fingerprint density at radius 2 is 2.09 bits per heavy atom. The van der Waals surface area contributed by atoms with Gasteiger partial charge >= 0.3 is 0 Å². The van der Waals surface area contributed by atoms with Gasteiger partial charge in [-0.1, -0.05) is 18.2 Å². The zero-order valence-electron chi connectivity index (χ0n) is 13.4. The van der Waals surface area contributed by atoms with E-state index in [4.69, 9.17) is 0 Å². The summed E-state index contributed by atoms with van der Waals surface area (Å²) in [5.41, 5.74) is 3.02. The Morgan fingerprint density at radius 3 is 2.96 bits per heavy atom. The Balaban J connectivity index is 1.65. The molecule has 0 N–H and O–H groups in total. The second-order valence-corrected chi connectivity index (χ2v) is 10.3. The molecule has 2 saturated heterocycles. The highest BCUT2D eigenvalue weighted by Gasteiger charge is 2.55. The van der Waals surface area contributed by atoms with Crippen molar-refractivity contribution in [1.82, 2.24) is 4.90 Å². The van der Waals surface area contributed by atoms with Gasteiger partial charge in [0.1, 0.15) is 5.78 Å². The first kappa shape index (κ1) is 14.7. The molecule has 3 fully saturated rings. The average Bonchev–Trinajstić information content (AvgIpc) is 3.03. The summed E-state index contributed by atoms with van der Waals surface area (Å²) >= 11 is 4.09. The summed E-state index contributed by atoms with van der Waals surface area (Å²) in [6, 6.07) is 0.446. The molecule has 122 valence electrons. The van der Waals surface area contributed by atoms with Crippen LogP contribution < -0.4 is 0 Å². The third-order valence-corrected chi connectivity index (χ3v) is 9.59. The molecule has 5 rings (SSSR count). The van der Waals surface area contributed by atoms with E-state index >= 15 is 0 Å². The first-order valence-electron chi connectivity index (χ1n) is 8.96. The van der Waals surface area contributed by atoms with Gasteiger partial charge in [-0.15, -0.1) is 23.5 Å². The van der Waals surface area contributed by atoms with E-state index in [9.17, 15) is 4.79 Å². The lowest BCUT2D eigenvalue weighted by Gasteiger charge is -2.54. The molecule has 5 aliphatic rings.